The number of aromatic nitrogens is 1. The van der Waals surface area contributed by atoms with Gasteiger partial charge < -0.3 is 10.2 Å². The van der Waals surface area contributed by atoms with Crippen LogP contribution >= 0.6 is 0 Å². The molecule has 2 heterocycles. The number of nitrogens with one attached hydrogen (secondary N) is 1. The number of carbonyl (C=O) groups excluding carboxylic acids is 1. The van der Waals surface area contributed by atoms with Gasteiger partial charge in [0.2, 0.25) is 5.91 Å². The molecule has 4 rings (SSSR count). The molecule has 1 N–H and O–H groups in total. The highest BCUT2D eigenvalue weighted by molar-refractivity contribution is 5.85. The molecule has 2 aromatic rings. The largest absolute Gasteiger partial charge is 0.417 e. The molecule has 0 spiro atoms. The zero-order chi connectivity index (χ0) is 22.6. The van der Waals surface area contributed by atoms with Gasteiger partial charge >= 0.3 is 6.18 Å². The van der Waals surface area contributed by atoms with Gasteiger partial charge in [-0.25, -0.2) is 4.98 Å². The van der Waals surface area contributed by atoms with Crippen molar-refractivity contribution in [1.82, 2.24) is 10.3 Å². The standard InChI is InChI=1S/C25H30F3N3O/c26-25(27,28)20-11-12-23(29-17-20)31-14-13-19(15-18-7-3-1-4-8-18)16-22(31)24(32)30-21-9-5-2-6-10-21/h1,3-4,7-8,11-12,17,19,21-22H,2,5-6,9-10,13-16H2,(H,30,32). The number of anilines is 1. The van der Waals surface area contributed by atoms with Crippen LogP contribution in [0.5, 0.6) is 0 Å². The summed E-state index contributed by atoms with van der Waals surface area (Å²) in [6.07, 6.45) is 4.29. The second-order valence-electron chi connectivity index (χ2n) is 9.04. The summed E-state index contributed by atoms with van der Waals surface area (Å²) in [5, 5.41) is 3.22. The van der Waals surface area contributed by atoms with Gasteiger partial charge in [0.15, 0.2) is 0 Å². The van der Waals surface area contributed by atoms with Gasteiger partial charge in [0.1, 0.15) is 11.9 Å². The Bertz CT molecular complexity index is 880. The molecular formula is C25H30F3N3O. The highest BCUT2D eigenvalue weighted by atomic mass is 19.4. The number of carbonyl (C=O) groups is 1. The Morgan fingerprint density at radius 1 is 1.03 bits per heavy atom. The second-order valence-corrected chi connectivity index (χ2v) is 9.04. The van der Waals surface area contributed by atoms with Crippen LogP contribution in [0.15, 0.2) is 48.7 Å². The molecule has 2 fully saturated rings. The lowest BCUT2D eigenvalue weighted by Crippen LogP contribution is -2.54. The molecule has 172 valence electrons. The molecule has 4 nitrogen and oxygen atoms in total. The Kier molecular flexibility index (Phi) is 7.01. The maximum atomic E-state index is 13.3. The summed E-state index contributed by atoms with van der Waals surface area (Å²) in [5.74, 6) is 0.738. The molecule has 1 aliphatic heterocycles. The van der Waals surface area contributed by atoms with Gasteiger partial charge in [0.25, 0.3) is 0 Å². The van der Waals surface area contributed by atoms with Crippen LogP contribution in [0, 0.1) is 5.92 Å². The van der Waals surface area contributed by atoms with E-state index in [2.05, 4.69) is 22.4 Å². The molecule has 1 aromatic heterocycles. The van der Waals surface area contributed by atoms with Crippen LogP contribution in [-0.4, -0.2) is 29.5 Å². The van der Waals surface area contributed by atoms with E-state index in [-0.39, 0.29) is 11.9 Å². The van der Waals surface area contributed by atoms with Crippen LogP contribution in [0.2, 0.25) is 0 Å². The molecule has 1 saturated heterocycles. The molecule has 7 heteroatoms. The molecular weight excluding hydrogens is 415 g/mol. The van der Waals surface area contributed by atoms with E-state index in [4.69, 9.17) is 0 Å². The van der Waals surface area contributed by atoms with Crippen molar-refractivity contribution in [3.8, 4) is 0 Å². The van der Waals surface area contributed by atoms with Gasteiger partial charge in [0, 0.05) is 18.8 Å². The van der Waals surface area contributed by atoms with E-state index in [0.717, 1.165) is 50.8 Å². The topological polar surface area (TPSA) is 45.2 Å². The summed E-state index contributed by atoms with van der Waals surface area (Å²) in [6.45, 7) is 0.596. The van der Waals surface area contributed by atoms with Crippen LogP contribution in [0.1, 0.15) is 56.1 Å². The first-order chi connectivity index (χ1) is 15.4. The molecule has 1 aromatic carbocycles. The molecule has 1 aliphatic carbocycles. The Hall–Kier alpha value is -2.57. The summed E-state index contributed by atoms with van der Waals surface area (Å²) < 4.78 is 38.9. The highest BCUT2D eigenvalue weighted by Crippen LogP contribution is 2.33. The normalized spacial score (nSPS) is 22.5. The highest BCUT2D eigenvalue weighted by Gasteiger charge is 2.36. The summed E-state index contributed by atoms with van der Waals surface area (Å²) in [6, 6.07) is 12.4. The lowest BCUT2D eigenvalue weighted by molar-refractivity contribution is -0.137. The predicted molar refractivity (Wildman–Crippen MR) is 118 cm³/mol. The van der Waals surface area contributed by atoms with E-state index in [1.165, 1.54) is 18.1 Å². The monoisotopic (exact) mass is 445 g/mol. The fourth-order valence-electron chi connectivity index (χ4n) is 4.96. The number of piperidine rings is 1. The van der Waals surface area contributed by atoms with Crippen LogP contribution in [0.4, 0.5) is 19.0 Å². The van der Waals surface area contributed by atoms with Crippen molar-refractivity contribution in [2.75, 3.05) is 11.4 Å². The zero-order valence-electron chi connectivity index (χ0n) is 18.2. The number of alkyl halides is 3. The molecule has 32 heavy (non-hydrogen) atoms. The van der Waals surface area contributed by atoms with Crippen molar-refractivity contribution in [3.63, 3.8) is 0 Å². The Labute approximate surface area is 187 Å². The van der Waals surface area contributed by atoms with E-state index in [1.54, 1.807) is 0 Å². The Balaban J connectivity index is 1.51. The lowest BCUT2D eigenvalue weighted by atomic mass is 9.85. The molecule has 1 saturated carbocycles. The zero-order valence-corrected chi connectivity index (χ0v) is 18.2. The van der Waals surface area contributed by atoms with Gasteiger partial charge in [-0.1, -0.05) is 49.6 Å². The molecule has 1 amide bonds. The summed E-state index contributed by atoms with van der Waals surface area (Å²) in [4.78, 5) is 19.3. The van der Waals surface area contributed by atoms with Crippen molar-refractivity contribution < 1.29 is 18.0 Å². The van der Waals surface area contributed by atoms with Gasteiger partial charge in [0.05, 0.1) is 5.56 Å². The van der Waals surface area contributed by atoms with E-state index in [9.17, 15) is 18.0 Å². The van der Waals surface area contributed by atoms with Crippen LogP contribution in [0.25, 0.3) is 0 Å². The number of nitrogens with zero attached hydrogens (tertiary/aromatic N) is 2. The minimum Gasteiger partial charge on any atom is -0.352 e. The smallest absolute Gasteiger partial charge is 0.352 e. The molecule has 2 aliphatic rings. The fourth-order valence-corrected chi connectivity index (χ4v) is 4.96. The van der Waals surface area contributed by atoms with Crippen molar-refractivity contribution in [2.24, 2.45) is 5.92 Å². The quantitative estimate of drug-likeness (QED) is 0.672. The molecule has 2 atom stereocenters. The third-order valence-electron chi connectivity index (χ3n) is 6.70. The first kappa shape index (κ1) is 22.6. The summed E-state index contributed by atoms with van der Waals surface area (Å²) >= 11 is 0. The maximum Gasteiger partial charge on any atom is 0.417 e. The number of pyridine rings is 1. The second kappa shape index (κ2) is 9.92. The van der Waals surface area contributed by atoms with Crippen molar-refractivity contribution in [1.29, 1.82) is 0 Å². The van der Waals surface area contributed by atoms with Gasteiger partial charge in [-0.05, 0) is 55.7 Å². The molecule has 2 unspecified atom stereocenters. The number of halogens is 3. The van der Waals surface area contributed by atoms with Gasteiger partial charge in [-0.15, -0.1) is 0 Å². The number of benzene rings is 1. The van der Waals surface area contributed by atoms with Crippen molar-refractivity contribution in [3.05, 3.63) is 59.8 Å². The summed E-state index contributed by atoms with van der Waals surface area (Å²) in [7, 11) is 0. The number of rotatable bonds is 5. The van der Waals surface area contributed by atoms with E-state index < -0.39 is 17.8 Å². The van der Waals surface area contributed by atoms with Crippen LogP contribution in [-0.2, 0) is 17.4 Å². The average Bonchev–Trinajstić information content (AvgIpc) is 2.80. The average molecular weight is 446 g/mol. The maximum absolute atomic E-state index is 13.3. The van der Waals surface area contributed by atoms with Crippen LogP contribution in [0.3, 0.4) is 0 Å². The van der Waals surface area contributed by atoms with E-state index in [0.29, 0.717) is 24.7 Å². The third kappa shape index (κ3) is 5.61. The SMILES string of the molecule is O=C(NC1CCCCC1)C1CC(Cc2ccccc2)CCN1c1ccc(C(F)(F)F)cn1. The Morgan fingerprint density at radius 3 is 2.44 bits per heavy atom. The Morgan fingerprint density at radius 2 is 1.78 bits per heavy atom. The number of hydrogen-bond acceptors (Lipinski definition) is 3. The molecule has 0 bridgehead atoms. The van der Waals surface area contributed by atoms with Crippen LogP contribution < -0.4 is 10.2 Å². The van der Waals surface area contributed by atoms with Crippen molar-refractivity contribution >= 4 is 11.7 Å². The van der Waals surface area contributed by atoms with E-state index in [1.807, 2.05) is 23.1 Å². The van der Waals surface area contributed by atoms with E-state index >= 15 is 0 Å². The van der Waals surface area contributed by atoms with Gasteiger partial charge in [-0.2, -0.15) is 13.2 Å². The third-order valence-corrected chi connectivity index (χ3v) is 6.70. The number of hydrogen-bond donors (Lipinski definition) is 1. The minimum absolute atomic E-state index is 0.0311. The minimum atomic E-state index is -4.42. The lowest BCUT2D eigenvalue weighted by Gasteiger charge is -2.40. The first-order valence-corrected chi connectivity index (χ1v) is 11.5. The predicted octanol–water partition coefficient (Wildman–Crippen LogP) is 5.38. The summed E-state index contributed by atoms with van der Waals surface area (Å²) in [5.41, 5.74) is 0.466. The first-order valence-electron chi connectivity index (χ1n) is 11.5. The van der Waals surface area contributed by atoms with Crippen molar-refractivity contribution in [2.45, 2.75) is 69.6 Å². The molecule has 0 radical (unpaired) electrons. The number of amides is 1. The van der Waals surface area contributed by atoms with Gasteiger partial charge in [-0.3, -0.25) is 4.79 Å². The fraction of sp³-hybridized carbons (Fsp3) is 0.520.